The lowest BCUT2D eigenvalue weighted by atomic mass is 10.1. The number of hydrogen-bond donors (Lipinski definition) is 2. The Morgan fingerprint density at radius 1 is 1.39 bits per heavy atom. The smallest absolute Gasteiger partial charge is 0.304 e. The summed E-state index contributed by atoms with van der Waals surface area (Å²) in [6.07, 6.45) is 0.730. The Morgan fingerprint density at radius 2 is 2.09 bits per heavy atom. The number of nitrogens with one attached hydrogen (secondary N) is 1. The maximum Gasteiger partial charge on any atom is 0.304 e. The van der Waals surface area contributed by atoms with Gasteiger partial charge in [0.2, 0.25) is 0 Å². The Morgan fingerprint density at radius 3 is 2.74 bits per heavy atom. The van der Waals surface area contributed by atoms with Crippen molar-refractivity contribution in [2.24, 2.45) is 0 Å². The first-order chi connectivity index (χ1) is 10.8. The van der Waals surface area contributed by atoms with E-state index in [-0.39, 0.29) is 14.9 Å². The number of rotatable bonds is 4. The summed E-state index contributed by atoms with van der Waals surface area (Å²) >= 11 is 0.806. The summed E-state index contributed by atoms with van der Waals surface area (Å²) in [6, 6.07) is 7.98. The second kappa shape index (κ2) is 5.59. The molecule has 2 N–H and O–H groups in total. The average Bonchev–Trinajstić information content (AvgIpc) is 3.01. The zero-order valence-corrected chi connectivity index (χ0v) is 13.7. The minimum atomic E-state index is -3.53. The molecule has 0 saturated heterocycles. The van der Waals surface area contributed by atoms with Crippen molar-refractivity contribution in [3.63, 3.8) is 0 Å². The molecule has 7 nitrogen and oxygen atoms in total. The summed E-state index contributed by atoms with van der Waals surface area (Å²) in [6.45, 7) is 0. The third-order valence-electron chi connectivity index (χ3n) is 3.74. The van der Waals surface area contributed by atoms with E-state index in [4.69, 9.17) is 0 Å². The topological polar surface area (TPSA) is 110 Å². The third kappa shape index (κ3) is 2.94. The van der Waals surface area contributed by atoms with Crippen molar-refractivity contribution >= 4 is 31.9 Å². The maximum atomic E-state index is 11.6. The maximum absolute atomic E-state index is 11.6. The number of aliphatic hydroxyl groups excluding tert-OH is 1. The number of fused-ring (bicyclic) bond motifs is 1. The van der Waals surface area contributed by atoms with Crippen molar-refractivity contribution in [3.8, 4) is 0 Å². The van der Waals surface area contributed by atoms with Crippen LogP contribution in [0.25, 0.3) is 0 Å². The molecular weight excluding hydrogens is 340 g/mol. The van der Waals surface area contributed by atoms with Crippen LogP contribution < -0.4 is 5.32 Å². The predicted octanol–water partition coefficient (Wildman–Crippen LogP) is 2.13. The van der Waals surface area contributed by atoms with Crippen LogP contribution in [0, 0.1) is 10.1 Å². The first-order valence-electron chi connectivity index (χ1n) is 6.78. The molecule has 2 atom stereocenters. The van der Waals surface area contributed by atoms with Gasteiger partial charge in [-0.05, 0) is 11.1 Å². The molecule has 3 rings (SSSR count). The van der Waals surface area contributed by atoms with E-state index in [2.05, 4.69) is 5.32 Å². The number of thiophene rings is 1. The van der Waals surface area contributed by atoms with Gasteiger partial charge < -0.3 is 10.4 Å². The van der Waals surface area contributed by atoms with Crippen LogP contribution >= 0.6 is 11.3 Å². The highest BCUT2D eigenvalue weighted by Gasteiger charge is 2.33. The molecule has 9 heteroatoms. The standard InChI is InChI=1S/C14H14N2O5S2/c1-23(20,21)12-7-10(16(18)19)14(22-12)15-13-9-5-3-2-4-8(9)6-11(13)17/h2-5,7,11,13,15,17H,6H2,1H3/t11-,13+/m1/s1. The van der Waals surface area contributed by atoms with Gasteiger partial charge in [0.05, 0.1) is 17.1 Å². The molecule has 0 spiro atoms. The molecule has 1 aliphatic carbocycles. The predicted molar refractivity (Wildman–Crippen MR) is 86.6 cm³/mol. The molecule has 1 aliphatic rings. The van der Waals surface area contributed by atoms with Crippen LogP contribution in [0.3, 0.4) is 0 Å². The molecule has 0 fully saturated rings. The molecule has 1 aromatic heterocycles. The van der Waals surface area contributed by atoms with E-state index in [1.165, 1.54) is 0 Å². The fourth-order valence-corrected chi connectivity index (χ4v) is 4.65. The summed E-state index contributed by atoms with van der Waals surface area (Å²) in [5.74, 6) is 0. The van der Waals surface area contributed by atoms with Crippen molar-refractivity contribution in [1.82, 2.24) is 0 Å². The van der Waals surface area contributed by atoms with Crippen LogP contribution in [0.15, 0.2) is 34.5 Å². The van der Waals surface area contributed by atoms with Crippen LogP contribution in [0.5, 0.6) is 0 Å². The van der Waals surface area contributed by atoms with E-state index in [1.807, 2.05) is 24.3 Å². The van der Waals surface area contributed by atoms with E-state index in [0.29, 0.717) is 6.42 Å². The summed E-state index contributed by atoms with van der Waals surface area (Å²) in [7, 11) is -3.53. The molecule has 2 aromatic rings. The first-order valence-corrected chi connectivity index (χ1v) is 9.49. The Balaban J connectivity index is 2.00. The zero-order chi connectivity index (χ0) is 16.8. The van der Waals surface area contributed by atoms with Crippen molar-refractivity contribution < 1.29 is 18.4 Å². The Kier molecular flexibility index (Phi) is 3.86. The molecule has 0 saturated carbocycles. The van der Waals surface area contributed by atoms with Crippen molar-refractivity contribution in [2.75, 3.05) is 11.6 Å². The highest BCUT2D eigenvalue weighted by molar-refractivity contribution is 7.92. The third-order valence-corrected chi connectivity index (χ3v) is 6.60. The van der Waals surface area contributed by atoms with Gasteiger partial charge in [-0.1, -0.05) is 35.6 Å². The number of aliphatic hydroxyl groups is 1. The molecule has 23 heavy (non-hydrogen) atoms. The highest BCUT2D eigenvalue weighted by atomic mass is 32.2. The number of hydrogen-bond acceptors (Lipinski definition) is 7. The first kappa shape index (κ1) is 15.9. The second-order valence-electron chi connectivity index (χ2n) is 5.40. The summed E-state index contributed by atoms with van der Waals surface area (Å²) in [4.78, 5) is 10.6. The van der Waals surface area contributed by atoms with Gasteiger partial charge in [0.1, 0.15) is 4.21 Å². The van der Waals surface area contributed by atoms with Gasteiger partial charge in [0, 0.05) is 18.7 Å². The van der Waals surface area contributed by atoms with Crippen LogP contribution in [0.4, 0.5) is 10.7 Å². The van der Waals surface area contributed by atoms with Crippen LogP contribution in [-0.2, 0) is 16.3 Å². The Bertz CT molecular complexity index is 875. The van der Waals surface area contributed by atoms with Gasteiger partial charge in [0.15, 0.2) is 14.8 Å². The Labute approximate surface area is 136 Å². The lowest BCUT2D eigenvalue weighted by Gasteiger charge is -2.17. The van der Waals surface area contributed by atoms with E-state index < -0.39 is 26.9 Å². The molecule has 0 amide bonds. The quantitative estimate of drug-likeness (QED) is 0.643. The number of nitro groups is 1. The van der Waals surface area contributed by atoms with Crippen LogP contribution in [0.2, 0.25) is 0 Å². The van der Waals surface area contributed by atoms with Gasteiger partial charge in [-0.25, -0.2) is 8.42 Å². The minimum Gasteiger partial charge on any atom is -0.390 e. The van der Waals surface area contributed by atoms with Gasteiger partial charge in [-0.2, -0.15) is 0 Å². The van der Waals surface area contributed by atoms with Crippen molar-refractivity contribution in [1.29, 1.82) is 0 Å². The van der Waals surface area contributed by atoms with E-state index in [9.17, 15) is 23.6 Å². The molecule has 0 radical (unpaired) electrons. The van der Waals surface area contributed by atoms with Gasteiger partial charge in [-0.15, -0.1) is 0 Å². The summed E-state index contributed by atoms with van der Waals surface area (Å²) < 4.78 is 23.2. The molecule has 0 aliphatic heterocycles. The Hall–Kier alpha value is -1.97. The molecule has 1 aromatic carbocycles. The summed E-state index contributed by atoms with van der Waals surface area (Å²) in [5, 5.41) is 24.5. The fourth-order valence-electron chi connectivity index (χ4n) is 2.67. The zero-order valence-electron chi connectivity index (χ0n) is 12.1. The number of benzene rings is 1. The number of nitrogens with zero attached hydrogens (tertiary/aromatic N) is 1. The highest BCUT2D eigenvalue weighted by Crippen LogP contribution is 2.42. The van der Waals surface area contributed by atoms with E-state index >= 15 is 0 Å². The normalized spacial score (nSPS) is 20.3. The fraction of sp³-hybridized carbons (Fsp3) is 0.286. The monoisotopic (exact) mass is 354 g/mol. The number of anilines is 1. The number of sulfone groups is 1. The van der Waals surface area contributed by atoms with Crippen molar-refractivity contribution in [2.45, 2.75) is 22.8 Å². The lowest BCUT2D eigenvalue weighted by Crippen LogP contribution is -2.21. The molecular formula is C14H14N2O5S2. The van der Waals surface area contributed by atoms with Gasteiger partial charge >= 0.3 is 5.69 Å². The molecule has 122 valence electrons. The van der Waals surface area contributed by atoms with Crippen molar-refractivity contribution in [3.05, 3.63) is 51.6 Å². The SMILES string of the molecule is CS(=O)(=O)c1cc([N+](=O)[O-])c(N[C@H]2c3ccccc3C[C@H]2O)s1. The summed E-state index contributed by atoms with van der Waals surface area (Å²) in [5.41, 5.74) is 1.54. The van der Waals surface area contributed by atoms with Gasteiger partial charge in [0.25, 0.3) is 0 Å². The minimum absolute atomic E-state index is 0.0764. The van der Waals surface area contributed by atoms with E-state index in [1.54, 1.807) is 0 Å². The van der Waals surface area contributed by atoms with Crippen LogP contribution in [-0.4, -0.2) is 30.8 Å². The van der Waals surface area contributed by atoms with Crippen LogP contribution in [0.1, 0.15) is 17.2 Å². The van der Waals surface area contributed by atoms with E-state index in [0.717, 1.165) is 34.8 Å². The molecule has 0 bridgehead atoms. The van der Waals surface area contributed by atoms with Gasteiger partial charge in [-0.3, -0.25) is 10.1 Å². The molecule has 0 unspecified atom stereocenters. The second-order valence-corrected chi connectivity index (χ2v) is 8.70. The molecule has 1 heterocycles. The largest absolute Gasteiger partial charge is 0.390 e. The lowest BCUT2D eigenvalue weighted by molar-refractivity contribution is -0.383. The average molecular weight is 354 g/mol.